The Morgan fingerprint density at radius 2 is 1.84 bits per heavy atom. The van der Waals surface area contributed by atoms with Gasteiger partial charge in [-0.05, 0) is 46.6 Å². The standard InChI is InChI=1S/C18H37N5O.HI/c1-6-8-11-23-12-9-15(10-13-23)22-17(19-5)21-14-18(3,4)16(24)20-7-2;/h15H,6-14H2,1-5H3,(H,20,24)(H2,19,21,22);1H. The highest BCUT2D eigenvalue weighted by Crippen LogP contribution is 2.14. The molecule has 1 heterocycles. The first-order valence-electron chi connectivity index (χ1n) is 9.40. The van der Waals surface area contributed by atoms with Crippen LogP contribution in [0.3, 0.4) is 0 Å². The van der Waals surface area contributed by atoms with Gasteiger partial charge in [-0.25, -0.2) is 0 Å². The number of carbonyl (C=O) groups is 1. The van der Waals surface area contributed by atoms with Crippen molar-refractivity contribution in [2.45, 2.75) is 59.4 Å². The molecule has 0 radical (unpaired) electrons. The van der Waals surface area contributed by atoms with Crippen LogP contribution in [0, 0.1) is 5.41 Å². The minimum Gasteiger partial charge on any atom is -0.356 e. The molecule has 0 aliphatic carbocycles. The Kier molecular flexibility index (Phi) is 12.4. The fourth-order valence-corrected chi connectivity index (χ4v) is 2.86. The van der Waals surface area contributed by atoms with Gasteiger partial charge in [-0.15, -0.1) is 24.0 Å². The molecule has 0 atom stereocenters. The van der Waals surface area contributed by atoms with Gasteiger partial charge in [0.25, 0.3) is 0 Å². The lowest BCUT2D eigenvalue weighted by molar-refractivity contribution is -0.128. The number of guanidine groups is 1. The molecule has 148 valence electrons. The number of nitrogens with one attached hydrogen (secondary N) is 3. The lowest BCUT2D eigenvalue weighted by atomic mass is 9.92. The molecule has 0 bridgehead atoms. The van der Waals surface area contributed by atoms with Crippen LogP contribution >= 0.6 is 24.0 Å². The summed E-state index contributed by atoms with van der Waals surface area (Å²) in [6.45, 7) is 12.8. The van der Waals surface area contributed by atoms with Crippen LogP contribution in [-0.2, 0) is 4.79 Å². The summed E-state index contributed by atoms with van der Waals surface area (Å²) in [6, 6.07) is 0.460. The first kappa shape index (κ1) is 24.4. The second kappa shape index (κ2) is 12.7. The molecule has 0 saturated carbocycles. The number of rotatable bonds is 8. The number of carbonyl (C=O) groups excluding carboxylic acids is 1. The lowest BCUT2D eigenvalue weighted by Crippen LogP contribution is -2.52. The van der Waals surface area contributed by atoms with Crippen LogP contribution in [0.1, 0.15) is 53.4 Å². The number of unbranched alkanes of at least 4 members (excludes halogenated alkanes) is 1. The summed E-state index contributed by atoms with van der Waals surface area (Å²) in [7, 11) is 1.78. The van der Waals surface area contributed by atoms with Gasteiger partial charge < -0.3 is 20.9 Å². The predicted octanol–water partition coefficient (Wildman–Crippen LogP) is 2.20. The van der Waals surface area contributed by atoms with Gasteiger partial charge in [0.2, 0.25) is 5.91 Å². The molecule has 1 rings (SSSR count). The van der Waals surface area contributed by atoms with E-state index in [0.717, 1.165) is 31.9 Å². The first-order valence-corrected chi connectivity index (χ1v) is 9.40. The molecule has 1 aliphatic heterocycles. The molecule has 3 N–H and O–H groups in total. The Bertz CT molecular complexity index is 406. The van der Waals surface area contributed by atoms with E-state index >= 15 is 0 Å². The van der Waals surface area contributed by atoms with E-state index in [0.29, 0.717) is 19.1 Å². The van der Waals surface area contributed by atoms with Crippen LogP contribution in [0.4, 0.5) is 0 Å². The SMILES string of the molecule is CCCCN1CCC(NC(=NC)NCC(C)(C)C(=O)NCC)CC1.I. The number of likely N-dealkylation sites (tertiary alicyclic amines) is 1. The van der Waals surface area contributed by atoms with Crippen LogP contribution < -0.4 is 16.0 Å². The Morgan fingerprint density at radius 3 is 2.36 bits per heavy atom. The predicted molar refractivity (Wildman–Crippen MR) is 117 cm³/mol. The minimum absolute atomic E-state index is 0. The number of halogens is 1. The van der Waals surface area contributed by atoms with Gasteiger partial charge in [0.1, 0.15) is 0 Å². The lowest BCUT2D eigenvalue weighted by Gasteiger charge is -2.33. The summed E-state index contributed by atoms with van der Waals surface area (Å²) >= 11 is 0. The third-order valence-corrected chi connectivity index (χ3v) is 4.63. The molecular weight excluding hydrogens is 429 g/mol. The Morgan fingerprint density at radius 1 is 1.20 bits per heavy atom. The van der Waals surface area contributed by atoms with Gasteiger partial charge in [-0.3, -0.25) is 9.79 Å². The van der Waals surface area contributed by atoms with Crippen LogP contribution in [0.5, 0.6) is 0 Å². The van der Waals surface area contributed by atoms with E-state index in [-0.39, 0.29) is 29.9 Å². The highest BCUT2D eigenvalue weighted by atomic mass is 127. The van der Waals surface area contributed by atoms with Crippen molar-refractivity contribution in [2.75, 3.05) is 39.8 Å². The van der Waals surface area contributed by atoms with E-state index in [4.69, 9.17) is 0 Å². The Labute approximate surface area is 171 Å². The van der Waals surface area contributed by atoms with Crippen molar-refractivity contribution in [1.29, 1.82) is 0 Å². The Balaban J connectivity index is 0.00000576. The van der Waals surface area contributed by atoms with Gasteiger partial charge in [-0.1, -0.05) is 13.3 Å². The summed E-state index contributed by atoms with van der Waals surface area (Å²) in [5.74, 6) is 0.858. The zero-order chi connectivity index (χ0) is 18.0. The molecule has 0 aromatic carbocycles. The van der Waals surface area contributed by atoms with E-state index in [1.807, 2.05) is 20.8 Å². The molecule has 1 amide bonds. The molecule has 6 nitrogen and oxygen atoms in total. The summed E-state index contributed by atoms with van der Waals surface area (Å²) in [5.41, 5.74) is -0.461. The van der Waals surface area contributed by atoms with Crippen molar-refractivity contribution in [3.8, 4) is 0 Å². The number of hydrogen-bond donors (Lipinski definition) is 3. The average molecular weight is 467 g/mol. The number of nitrogens with zero attached hydrogens (tertiary/aromatic N) is 2. The van der Waals surface area contributed by atoms with E-state index in [2.05, 4.69) is 32.8 Å². The van der Waals surface area contributed by atoms with Gasteiger partial charge >= 0.3 is 0 Å². The highest BCUT2D eigenvalue weighted by molar-refractivity contribution is 14.0. The van der Waals surface area contributed by atoms with Crippen LogP contribution in [0.2, 0.25) is 0 Å². The van der Waals surface area contributed by atoms with Gasteiger partial charge in [0.05, 0.1) is 5.41 Å². The van der Waals surface area contributed by atoms with Crippen molar-refractivity contribution in [2.24, 2.45) is 10.4 Å². The van der Waals surface area contributed by atoms with E-state index in [1.165, 1.54) is 19.4 Å². The molecule has 0 aromatic heterocycles. The number of hydrogen-bond acceptors (Lipinski definition) is 3. The first-order chi connectivity index (χ1) is 11.4. The average Bonchev–Trinajstić information content (AvgIpc) is 2.58. The van der Waals surface area contributed by atoms with Crippen molar-refractivity contribution in [3.05, 3.63) is 0 Å². The van der Waals surface area contributed by atoms with Crippen molar-refractivity contribution >= 4 is 35.8 Å². The maximum Gasteiger partial charge on any atom is 0.227 e. The van der Waals surface area contributed by atoms with Gasteiger partial charge in [0, 0.05) is 39.3 Å². The topological polar surface area (TPSA) is 68.8 Å². The van der Waals surface area contributed by atoms with E-state index < -0.39 is 5.41 Å². The molecule has 1 aliphatic rings. The quantitative estimate of drug-likeness (QED) is 0.291. The van der Waals surface area contributed by atoms with Crippen molar-refractivity contribution in [1.82, 2.24) is 20.9 Å². The summed E-state index contributed by atoms with van der Waals surface area (Å²) < 4.78 is 0. The second-order valence-corrected chi connectivity index (χ2v) is 7.28. The zero-order valence-corrected chi connectivity index (χ0v) is 19.0. The third kappa shape index (κ3) is 9.08. The second-order valence-electron chi connectivity index (χ2n) is 7.28. The van der Waals surface area contributed by atoms with Crippen LogP contribution in [0.25, 0.3) is 0 Å². The maximum absolute atomic E-state index is 12.1. The normalized spacial score (nSPS) is 16.9. The van der Waals surface area contributed by atoms with Crippen LogP contribution in [0.15, 0.2) is 4.99 Å². The monoisotopic (exact) mass is 467 g/mol. The molecule has 25 heavy (non-hydrogen) atoms. The van der Waals surface area contributed by atoms with Gasteiger partial charge in [-0.2, -0.15) is 0 Å². The maximum atomic E-state index is 12.1. The number of piperidine rings is 1. The minimum atomic E-state index is -0.461. The zero-order valence-electron chi connectivity index (χ0n) is 16.7. The summed E-state index contributed by atoms with van der Waals surface area (Å²) in [6.07, 6.45) is 4.83. The molecule has 1 saturated heterocycles. The third-order valence-electron chi connectivity index (χ3n) is 4.63. The molecular formula is C18H38IN5O. The fraction of sp³-hybridized carbons (Fsp3) is 0.889. The van der Waals surface area contributed by atoms with E-state index in [1.54, 1.807) is 7.05 Å². The largest absolute Gasteiger partial charge is 0.356 e. The number of aliphatic imine (C=N–C) groups is 1. The Hall–Kier alpha value is -0.570. The fourth-order valence-electron chi connectivity index (χ4n) is 2.86. The van der Waals surface area contributed by atoms with Crippen LogP contribution in [-0.4, -0.2) is 62.6 Å². The number of amides is 1. The smallest absolute Gasteiger partial charge is 0.227 e. The summed E-state index contributed by atoms with van der Waals surface area (Å²) in [5, 5.41) is 9.70. The highest BCUT2D eigenvalue weighted by Gasteiger charge is 2.27. The molecule has 1 fully saturated rings. The summed E-state index contributed by atoms with van der Waals surface area (Å²) in [4.78, 5) is 18.9. The molecule has 7 heteroatoms. The molecule has 0 unspecified atom stereocenters. The van der Waals surface area contributed by atoms with E-state index in [9.17, 15) is 4.79 Å². The molecule has 0 spiro atoms. The molecule has 0 aromatic rings. The van der Waals surface area contributed by atoms with Gasteiger partial charge in [0.15, 0.2) is 5.96 Å². The van der Waals surface area contributed by atoms with Crippen molar-refractivity contribution in [3.63, 3.8) is 0 Å². The van der Waals surface area contributed by atoms with Crippen molar-refractivity contribution < 1.29 is 4.79 Å².